The first-order valence-electron chi connectivity index (χ1n) is 5.85. The Morgan fingerprint density at radius 1 is 1.22 bits per heavy atom. The van der Waals surface area contributed by atoms with Gasteiger partial charge in [0.05, 0.1) is 0 Å². The summed E-state index contributed by atoms with van der Waals surface area (Å²) in [5.74, 6) is 0.211. The largest absolute Gasteiger partial charge is 0.508 e. The molecular weight excluding hydrogens is 246 g/mol. The highest BCUT2D eigenvalue weighted by Crippen LogP contribution is 2.15. The average molecular weight is 261 g/mol. The molecule has 0 saturated carbocycles. The van der Waals surface area contributed by atoms with E-state index >= 15 is 0 Å². The predicted octanol–water partition coefficient (Wildman–Crippen LogP) is 3.42. The molecule has 0 aliphatic heterocycles. The van der Waals surface area contributed by atoms with Gasteiger partial charge in [-0.1, -0.05) is 6.07 Å². The van der Waals surface area contributed by atoms with Gasteiger partial charge in [0.25, 0.3) is 0 Å². The van der Waals surface area contributed by atoms with Crippen LogP contribution in [0.4, 0.5) is 5.69 Å². The molecule has 1 aromatic heterocycles. The summed E-state index contributed by atoms with van der Waals surface area (Å²) in [6.45, 7) is 0. The van der Waals surface area contributed by atoms with Crippen LogP contribution in [0.5, 0.6) is 5.75 Å². The molecule has 18 heavy (non-hydrogen) atoms. The third-order valence-corrected chi connectivity index (χ3v) is 3.49. The van der Waals surface area contributed by atoms with Crippen LogP contribution in [0.25, 0.3) is 0 Å². The minimum absolute atomic E-state index is 0.0113. The second kappa shape index (κ2) is 6.21. The molecule has 0 unspecified atom stereocenters. The first kappa shape index (κ1) is 12.6. The van der Waals surface area contributed by atoms with Gasteiger partial charge in [0.2, 0.25) is 5.91 Å². The van der Waals surface area contributed by atoms with Gasteiger partial charge in [-0.2, -0.15) is 0 Å². The molecule has 0 radical (unpaired) electrons. The number of hydrogen-bond acceptors (Lipinski definition) is 3. The van der Waals surface area contributed by atoms with Gasteiger partial charge >= 0.3 is 0 Å². The Morgan fingerprint density at radius 2 is 2.00 bits per heavy atom. The maximum absolute atomic E-state index is 11.7. The summed E-state index contributed by atoms with van der Waals surface area (Å²) in [5.41, 5.74) is 0.717. The molecule has 0 atom stereocenters. The maximum atomic E-state index is 11.7. The van der Waals surface area contributed by atoms with E-state index in [9.17, 15) is 4.79 Å². The Labute approximate surface area is 110 Å². The number of thiophene rings is 1. The van der Waals surface area contributed by atoms with Crippen LogP contribution in [0.15, 0.2) is 41.8 Å². The molecule has 1 amide bonds. The standard InChI is InChI=1S/C14H15NO2S/c16-12-8-6-11(7-9-12)15-14(17)5-1-3-13-4-2-10-18-13/h2,4,6-10,16H,1,3,5H2,(H,15,17). The van der Waals surface area contributed by atoms with Crippen molar-refractivity contribution in [2.75, 3.05) is 5.32 Å². The van der Waals surface area contributed by atoms with Crippen LogP contribution in [-0.2, 0) is 11.2 Å². The Morgan fingerprint density at radius 3 is 2.67 bits per heavy atom. The summed E-state index contributed by atoms with van der Waals surface area (Å²) in [5, 5.41) is 14.0. The number of carbonyl (C=O) groups is 1. The number of rotatable bonds is 5. The zero-order valence-electron chi connectivity index (χ0n) is 9.93. The van der Waals surface area contributed by atoms with E-state index in [1.807, 2.05) is 11.4 Å². The highest BCUT2D eigenvalue weighted by atomic mass is 32.1. The fourth-order valence-electron chi connectivity index (χ4n) is 1.65. The normalized spacial score (nSPS) is 10.2. The number of amides is 1. The first-order chi connectivity index (χ1) is 8.74. The minimum Gasteiger partial charge on any atom is -0.508 e. The second-order valence-electron chi connectivity index (χ2n) is 4.03. The van der Waals surface area contributed by atoms with Gasteiger partial charge in [-0.05, 0) is 48.6 Å². The molecule has 94 valence electrons. The van der Waals surface area contributed by atoms with Crippen molar-refractivity contribution in [2.24, 2.45) is 0 Å². The van der Waals surface area contributed by atoms with Crippen molar-refractivity contribution in [1.29, 1.82) is 0 Å². The summed E-state index contributed by atoms with van der Waals surface area (Å²) < 4.78 is 0. The zero-order chi connectivity index (χ0) is 12.8. The topological polar surface area (TPSA) is 49.3 Å². The molecule has 1 aromatic carbocycles. The fourth-order valence-corrected chi connectivity index (χ4v) is 2.40. The molecule has 0 aliphatic carbocycles. The quantitative estimate of drug-likeness (QED) is 0.810. The Bertz CT molecular complexity index is 491. The summed E-state index contributed by atoms with van der Waals surface area (Å²) in [6, 6.07) is 10.6. The van der Waals surface area contributed by atoms with Gasteiger partial charge < -0.3 is 10.4 Å². The fraction of sp³-hybridized carbons (Fsp3) is 0.214. The molecule has 4 heteroatoms. The summed E-state index contributed by atoms with van der Waals surface area (Å²) in [4.78, 5) is 13.0. The van der Waals surface area contributed by atoms with Crippen LogP contribution in [0.3, 0.4) is 0 Å². The number of phenols is 1. The highest BCUT2D eigenvalue weighted by molar-refractivity contribution is 7.09. The summed E-state index contributed by atoms with van der Waals surface area (Å²) in [7, 11) is 0. The van der Waals surface area contributed by atoms with E-state index in [0.717, 1.165) is 12.8 Å². The van der Waals surface area contributed by atoms with Crippen LogP contribution in [0.1, 0.15) is 17.7 Å². The predicted molar refractivity (Wildman–Crippen MR) is 74.0 cm³/mol. The summed E-state index contributed by atoms with van der Waals surface area (Å²) >= 11 is 1.72. The van der Waals surface area contributed by atoms with Crippen molar-refractivity contribution in [3.63, 3.8) is 0 Å². The molecule has 2 rings (SSSR count). The van der Waals surface area contributed by atoms with E-state index in [1.54, 1.807) is 35.6 Å². The number of nitrogens with one attached hydrogen (secondary N) is 1. The lowest BCUT2D eigenvalue weighted by atomic mass is 10.2. The number of hydrogen-bond donors (Lipinski definition) is 2. The number of phenolic OH excluding ortho intramolecular Hbond substituents is 1. The maximum Gasteiger partial charge on any atom is 0.224 e. The number of aromatic hydroxyl groups is 1. The van der Waals surface area contributed by atoms with Crippen molar-refractivity contribution >= 4 is 22.9 Å². The van der Waals surface area contributed by atoms with E-state index in [0.29, 0.717) is 12.1 Å². The number of aryl methyl sites for hydroxylation is 1. The molecule has 0 spiro atoms. The van der Waals surface area contributed by atoms with E-state index in [4.69, 9.17) is 5.11 Å². The van der Waals surface area contributed by atoms with Crippen LogP contribution >= 0.6 is 11.3 Å². The number of carbonyl (C=O) groups excluding carboxylic acids is 1. The lowest BCUT2D eigenvalue weighted by molar-refractivity contribution is -0.116. The Balaban J connectivity index is 1.73. The van der Waals surface area contributed by atoms with Crippen molar-refractivity contribution in [2.45, 2.75) is 19.3 Å². The lowest BCUT2D eigenvalue weighted by Gasteiger charge is -2.04. The smallest absolute Gasteiger partial charge is 0.224 e. The molecule has 0 saturated heterocycles. The molecular formula is C14H15NO2S. The molecule has 1 heterocycles. The van der Waals surface area contributed by atoms with Crippen molar-refractivity contribution < 1.29 is 9.90 Å². The van der Waals surface area contributed by atoms with Crippen molar-refractivity contribution in [1.82, 2.24) is 0 Å². The molecule has 2 N–H and O–H groups in total. The van der Waals surface area contributed by atoms with E-state index < -0.39 is 0 Å². The van der Waals surface area contributed by atoms with E-state index in [1.165, 1.54) is 4.88 Å². The van der Waals surface area contributed by atoms with Gasteiger partial charge in [-0.3, -0.25) is 4.79 Å². The molecule has 0 aliphatic rings. The van der Waals surface area contributed by atoms with Crippen LogP contribution < -0.4 is 5.32 Å². The van der Waals surface area contributed by atoms with Gasteiger partial charge in [0.1, 0.15) is 5.75 Å². The zero-order valence-corrected chi connectivity index (χ0v) is 10.7. The lowest BCUT2D eigenvalue weighted by Crippen LogP contribution is -2.11. The molecule has 2 aromatic rings. The number of benzene rings is 1. The SMILES string of the molecule is O=C(CCCc1cccs1)Nc1ccc(O)cc1. The number of anilines is 1. The van der Waals surface area contributed by atoms with Gasteiger partial charge in [-0.15, -0.1) is 11.3 Å². The summed E-state index contributed by atoms with van der Waals surface area (Å²) in [6.07, 6.45) is 2.31. The van der Waals surface area contributed by atoms with Crippen LogP contribution in [0.2, 0.25) is 0 Å². The Kier molecular flexibility index (Phi) is 4.36. The van der Waals surface area contributed by atoms with E-state index in [-0.39, 0.29) is 11.7 Å². The van der Waals surface area contributed by atoms with Gasteiger partial charge in [0, 0.05) is 17.0 Å². The molecule has 0 fully saturated rings. The van der Waals surface area contributed by atoms with Crippen molar-refractivity contribution in [3.8, 4) is 5.75 Å². The third kappa shape index (κ3) is 3.89. The van der Waals surface area contributed by atoms with Crippen molar-refractivity contribution in [3.05, 3.63) is 46.7 Å². The molecule has 3 nitrogen and oxygen atoms in total. The monoisotopic (exact) mass is 261 g/mol. The third-order valence-electron chi connectivity index (χ3n) is 2.56. The highest BCUT2D eigenvalue weighted by Gasteiger charge is 2.03. The van der Waals surface area contributed by atoms with Crippen LogP contribution in [-0.4, -0.2) is 11.0 Å². The first-order valence-corrected chi connectivity index (χ1v) is 6.73. The molecule has 0 bridgehead atoms. The average Bonchev–Trinajstić information content (AvgIpc) is 2.85. The second-order valence-corrected chi connectivity index (χ2v) is 5.06. The van der Waals surface area contributed by atoms with Gasteiger partial charge in [0.15, 0.2) is 0 Å². The minimum atomic E-state index is 0.0113. The van der Waals surface area contributed by atoms with E-state index in [2.05, 4.69) is 11.4 Å². The van der Waals surface area contributed by atoms with Gasteiger partial charge in [-0.25, -0.2) is 0 Å². The Hall–Kier alpha value is -1.81. The van der Waals surface area contributed by atoms with Crippen LogP contribution in [0, 0.1) is 0 Å².